The van der Waals surface area contributed by atoms with Crippen LogP contribution in [0.2, 0.25) is 0 Å². The highest BCUT2D eigenvalue weighted by Gasteiger charge is 2.03. The van der Waals surface area contributed by atoms with Crippen LogP contribution in [0.4, 0.5) is 0 Å². The number of carbonyl (C=O) groups excluding carboxylic acids is 1. The Morgan fingerprint density at radius 3 is 2.61 bits per heavy atom. The third kappa shape index (κ3) is 5.35. The maximum Gasteiger partial charge on any atom is 0.251 e. The van der Waals surface area contributed by atoms with Crippen molar-refractivity contribution >= 4 is 34.3 Å². The molecule has 0 saturated heterocycles. The second-order valence-electron chi connectivity index (χ2n) is 3.81. The van der Waals surface area contributed by atoms with Gasteiger partial charge in [0.25, 0.3) is 5.91 Å². The molecular formula is C12H16IN3O2. The minimum atomic E-state index is -0.0739. The summed E-state index contributed by atoms with van der Waals surface area (Å²) in [6, 6.07) is 7.39. The van der Waals surface area contributed by atoms with Crippen molar-refractivity contribution in [1.82, 2.24) is 5.32 Å². The van der Waals surface area contributed by atoms with Gasteiger partial charge in [0, 0.05) is 22.1 Å². The summed E-state index contributed by atoms with van der Waals surface area (Å²) in [4.78, 5) is 11.7. The van der Waals surface area contributed by atoms with Crippen molar-refractivity contribution in [3.05, 3.63) is 33.4 Å². The molecule has 0 heterocycles. The van der Waals surface area contributed by atoms with E-state index in [-0.39, 0.29) is 11.7 Å². The molecule has 1 rings (SSSR count). The first kappa shape index (κ1) is 14.7. The van der Waals surface area contributed by atoms with Gasteiger partial charge in [-0.15, -0.1) is 0 Å². The first-order chi connectivity index (χ1) is 8.63. The standard InChI is InChI=1S/C12H16IN3O2/c13-10-6-4-9(5-7-10)12(17)15-8-2-1-3-11(14)16-18/h4-7,18H,1-3,8H2,(H2,14,16)(H,15,17). The summed E-state index contributed by atoms with van der Waals surface area (Å²) >= 11 is 2.19. The van der Waals surface area contributed by atoms with Crippen molar-refractivity contribution in [2.45, 2.75) is 19.3 Å². The summed E-state index contributed by atoms with van der Waals surface area (Å²) in [5.74, 6) is 0.147. The molecule has 1 amide bonds. The molecule has 0 aliphatic rings. The second kappa shape index (κ2) is 7.91. The van der Waals surface area contributed by atoms with E-state index in [0.29, 0.717) is 18.5 Å². The lowest BCUT2D eigenvalue weighted by Crippen LogP contribution is -2.24. The van der Waals surface area contributed by atoms with Crippen molar-refractivity contribution in [3.8, 4) is 0 Å². The monoisotopic (exact) mass is 361 g/mol. The Morgan fingerprint density at radius 1 is 1.33 bits per heavy atom. The number of oxime groups is 1. The summed E-state index contributed by atoms with van der Waals surface area (Å²) in [6.07, 6.45) is 2.12. The number of rotatable bonds is 6. The molecule has 4 N–H and O–H groups in total. The molecule has 5 nitrogen and oxygen atoms in total. The Bertz CT molecular complexity index is 418. The maximum atomic E-state index is 11.7. The van der Waals surface area contributed by atoms with Crippen LogP contribution in [-0.2, 0) is 0 Å². The van der Waals surface area contributed by atoms with Gasteiger partial charge in [-0.3, -0.25) is 4.79 Å². The molecule has 0 spiro atoms. The summed E-state index contributed by atoms with van der Waals surface area (Å²) in [7, 11) is 0. The Morgan fingerprint density at radius 2 is 2.00 bits per heavy atom. The minimum Gasteiger partial charge on any atom is -0.409 e. The average Bonchev–Trinajstić information content (AvgIpc) is 2.38. The Hall–Kier alpha value is -1.31. The molecule has 0 unspecified atom stereocenters. The Balaban J connectivity index is 2.23. The third-order valence-corrected chi connectivity index (χ3v) is 3.10. The highest BCUT2D eigenvalue weighted by atomic mass is 127. The zero-order valence-corrected chi connectivity index (χ0v) is 12.1. The summed E-state index contributed by atoms with van der Waals surface area (Å²) in [6.45, 7) is 0.587. The van der Waals surface area contributed by atoms with E-state index in [1.165, 1.54) is 0 Å². The zero-order valence-electron chi connectivity index (χ0n) is 9.90. The molecular weight excluding hydrogens is 345 g/mol. The number of nitrogens with one attached hydrogen (secondary N) is 1. The van der Waals surface area contributed by atoms with Crippen LogP contribution in [0.3, 0.4) is 0 Å². The number of benzene rings is 1. The number of halogens is 1. The highest BCUT2D eigenvalue weighted by molar-refractivity contribution is 14.1. The molecule has 6 heteroatoms. The van der Waals surface area contributed by atoms with Gasteiger partial charge in [-0.25, -0.2) is 0 Å². The van der Waals surface area contributed by atoms with Crippen molar-refractivity contribution in [1.29, 1.82) is 0 Å². The highest BCUT2D eigenvalue weighted by Crippen LogP contribution is 2.06. The maximum absolute atomic E-state index is 11.7. The van der Waals surface area contributed by atoms with E-state index < -0.39 is 0 Å². The second-order valence-corrected chi connectivity index (χ2v) is 5.06. The molecule has 1 aromatic rings. The number of carbonyl (C=O) groups is 1. The molecule has 0 fully saturated rings. The third-order valence-electron chi connectivity index (χ3n) is 2.38. The largest absolute Gasteiger partial charge is 0.409 e. The van der Waals surface area contributed by atoms with E-state index in [1.54, 1.807) is 12.1 Å². The SMILES string of the molecule is NC(CCCCNC(=O)c1ccc(I)cc1)=NO. The van der Waals surface area contributed by atoms with Crippen LogP contribution in [0, 0.1) is 3.57 Å². The van der Waals surface area contributed by atoms with Crippen molar-refractivity contribution in [3.63, 3.8) is 0 Å². The quantitative estimate of drug-likeness (QED) is 0.181. The van der Waals surface area contributed by atoms with Crippen LogP contribution < -0.4 is 11.1 Å². The van der Waals surface area contributed by atoms with Gasteiger partial charge in [-0.1, -0.05) is 5.16 Å². The fraction of sp³-hybridized carbons (Fsp3) is 0.333. The van der Waals surface area contributed by atoms with Gasteiger partial charge in [0.05, 0.1) is 0 Å². The van der Waals surface area contributed by atoms with Gasteiger partial charge >= 0.3 is 0 Å². The smallest absolute Gasteiger partial charge is 0.251 e. The predicted octanol–water partition coefficient (Wildman–Crippen LogP) is 1.94. The molecule has 0 saturated carbocycles. The van der Waals surface area contributed by atoms with Gasteiger partial charge in [0.15, 0.2) is 0 Å². The van der Waals surface area contributed by atoms with Crippen LogP contribution in [-0.4, -0.2) is 23.5 Å². The number of hydrogen-bond donors (Lipinski definition) is 3. The lowest BCUT2D eigenvalue weighted by atomic mass is 10.2. The van der Waals surface area contributed by atoms with Gasteiger partial charge < -0.3 is 16.3 Å². The summed E-state index contributed by atoms with van der Waals surface area (Å²) in [5, 5.41) is 14.1. The number of amidine groups is 1. The number of unbranched alkanes of at least 4 members (excludes halogenated alkanes) is 1. The topological polar surface area (TPSA) is 87.7 Å². The average molecular weight is 361 g/mol. The van der Waals surface area contributed by atoms with Crippen LogP contribution in [0.1, 0.15) is 29.6 Å². The van der Waals surface area contributed by atoms with Crippen LogP contribution in [0.15, 0.2) is 29.4 Å². The van der Waals surface area contributed by atoms with Crippen molar-refractivity contribution < 1.29 is 10.0 Å². The predicted molar refractivity (Wildman–Crippen MR) is 78.8 cm³/mol. The number of nitrogens with zero attached hydrogens (tertiary/aromatic N) is 1. The molecule has 0 atom stereocenters. The molecule has 18 heavy (non-hydrogen) atoms. The molecule has 98 valence electrons. The zero-order chi connectivity index (χ0) is 13.4. The first-order valence-electron chi connectivity index (χ1n) is 5.63. The van der Waals surface area contributed by atoms with Gasteiger partial charge in [-0.05, 0) is 59.7 Å². The lowest BCUT2D eigenvalue weighted by molar-refractivity contribution is 0.0953. The van der Waals surface area contributed by atoms with E-state index in [1.807, 2.05) is 12.1 Å². The van der Waals surface area contributed by atoms with Crippen molar-refractivity contribution in [2.24, 2.45) is 10.9 Å². The van der Waals surface area contributed by atoms with Crippen LogP contribution in [0.5, 0.6) is 0 Å². The number of hydrogen-bond acceptors (Lipinski definition) is 3. The molecule has 0 aromatic heterocycles. The van der Waals surface area contributed by atoms with Crippen LogP contribution >= 0.6 is 22.6 Å². The number of nitrogens with two attached hydrogens (primary N) is 1. The van der Waals surface area contributed by atoms with E-state index >= 15 is 0 Å². The van der Waals surface area contributed by atoms with Crippen LogP contribution in [0.25, 0.3) is 0 Å². The van der Waals surface area contributed by atoms with Crippen molar-refractivity contribution in [2.75, 3.05) is 6.54 Å². The van der Waals surface area contributed by atoms with E-state index in [9.17, 15) is 4.79 Å². The summed E-state index contributed by atoms with van der Waals surface area (Å²) in [5.41, 5.74) is 5.99. The molecule has 0 radical (unpaired) electrons. The molecule has 0 aliphatic carbocycles. The van der Waals surface area contributed by atoms with E-state index in [2.05, 4.69) is 33.1 Å². The Labute approximate surface area is 120 Å². The lowest BCUT2D eigenvalue weighted by Gasteiger charge is -2.05. The molecule has 0 aliphatic heterocycles. The Kier molecular flexibility index (Phi) is 6.48. The fourth-order valence-electron chi connectivity index (χ4n) is 1.39. The molecule has 0 bridgehead atoms. The minimum absolute atomic E-state index is 0.0739. The van der Waals surface area contributed by atoms with E-state index in [4.69, 9.17) is 10.9 Å². The van der Waals surface area contributed by atoms with Gasteiger partial charge in [-0.2, -0.15) is 0 Å². The first-order valence-corrected chi connectivity index (χ1v) is 6.71. The fourth-order valence-corrected chi connectivity index (χ4v) is 1.75. The van der Waals surface area contributed by atoms with Gasteiger partial charge in [0.1, 0.15) is 5.84 Å². The summed E-state index contributed by atoms with van der Waals surface area (Å²) < 4.78 is 1.10. The van der Waals surface area contributed by atoms with Gasteiger partial charge in [0.2, 0.25) is 0 Å². The van der Waals surface area contributed by atoms with E-state index in [0.717, 1.165) is 16.4 Å². The number of amides is 1. The molecule has 1 aromatic carbocycles. The normalized spacial score (nSPS) is 11.3.